The molecule has 3 rings (SSSR count). The van der Waals surface area contributed by atoms with Crippen molar-refractivity contribution in [3.05, 3.63) is 43.8 Å². The lowest BCUT2D eigenvalue weighted by atomic mass is 9.96. The first-order valence-electron chi connectivity index (χ1n) is 8.97. The summed E-state index contributed by atoms with van der Waals surface area (Å²) in [7, 11) is 0. The molecule has 0 saturated heterocycles. The van der Waals surface area contributed by atoms with E-state index in [9.17, 15) is 9.59 Å². The fourth-order valence-electron chi connectivity index (χ4n) is 3.70. The minimum atomic E-state index is -0.0109. The molecular weight excluding hydrogens is 350 g/mol. The molecule has 1 saturated carbocycles. The summed E-state index contributed by atoms with van der Waals surface area (Å²) in [4.78, 5) is 28.3. The van der Waals surface area contributed by atoms with Crippen molar-refractivity contribution in [2.45, 2.75) is 58.4 Å². The van der Waals surface area contributed by atoms with Crippen molar-refractivity contribution < 1.29 is 9.59 Å². The summed E-state index contributed by atoms with van der Waals surface area (Å²) in [5.41, 5.74) is 0.779. The molecule has 1 atom stereocenters. The van der Waals surface area contributed by atoms with Gasteiger partial charge in [0.15, 0.2) is 5.78 Å². The van der Waals surface area contributed by atoms with Gasteiger partial charge in [0.05, 0.1) is 6.04 Å². The van der Waals surface area contributed by atoms with Crippen molar-refractivity contribution in [2.24, 2.45) is 5.92 Å². The highest BCUT2D eigenvalue weighted by molar-refractivity contribution is 7.12. The number of thiophene rings is 2. The number of carbonyl (C=O) groups is 2. The zero-order valence-corrected chi connectivity index (χ0v) is 16.5. The van der Waals surface area contributed by atoms with Crippen molar-refractivity contribution in [2.75, 3.05) is 0 Å². The van der Waals surface area contributed by atoms with Crippen LogP contribution >= 0.6 is 22.7 Å². The van der Waals surface area contributed by atoms with E-state index in [2.05, 4.69) is 16.8 Å². The third-order valence-corrected chi connectivity index (χ3v) is 6.88. The fraction of sp³-hybridized carbons (Fsp3) is 0.500. The van der Waals surface area contributed by atoms with E-state index in [-0.39, 0.29) is 30.6 Å². The highest BCUT2D eigenvalue weighted by Crippen LogP contribution is 2.37. The van der Waals surface area contributed by atoms with Gasteiger partial charge in [0.25, 0.3) is 0 Å². The number of ketones is 1. The zero-order chi connectivity index (χ0) is 17.8. The van der Waals surface area contributed by atoms with Crippen LogP contribution in [0.4, 0.5) is 0 Å². The molecule has 0 aliphatic heterocycles. The summed E-state index contributed by atoms with van der Waals surface area (Å²) in [6.45, 7) is 3.98. The molecule has 0 radical (unpaired) electrons. The van der Waals surface area contributed by atoms with Crippen LogP contribution in [0.25, 0.3) is 0 Å². The second-order valence-corrected chi connectivity index (χ2v) is 9.29. The lowest BCUT2D eigenvalue weighted by Gasteiger charge is -2.23. The zero-order valence-electron chi connectivity index (χ0n) is 14.8. The Morgan fingerprint density at radius 2 is 2.00 bits per heavy atom. The summed E-state index contributed by atoms with van der Waals surface area (Å²) in [6.07, 6.45) is 5.39. The van der Waals surface area contributed by atoms with Gasteiger partial charge in [0.1, 0.15) is 0 Å². The second kappa shape index (κ2) is 8.28. The van der Waals surface area contributed by atoms with Crippen LogP contribution in [0.3, 0.4) is 0 Å². The quantitative estimate of drug-likeness (QED) is 0.655. The Kier molecular flexibility index (Phi) is 6.07. The van der Waals surface area contributed by atoms with E-state index in [0.717, 1.165) is 15.3 Å². The van der Waals surface area contributed by atoms with Gasteiger partial charge in [-0.2, -0.15) is 0 Å². The Hall–Kier alpha value is -1.46. The molecule has 0 aromatic carbocycles. The Morgan fingerprint density at radius 3 is 2.60 bits per heavy atom. The van der Waals surface area contributed by atoms with Gasteiger partial charge in [-0.05, 0) is 50.1 Å². The number of hydrogen-bond donors (Lipinski definition) is 1. The number of nitrogens with one attached hydrogen (secondary N) is 1. The van der Waals surface area contributed by atoms with Crippen LogP contribution < -0.4 is 5.32 Å². The number of aryl methyl sites for hydroxylation is 2. The maximum atomic E-state index is 12.5. The molecule has 2 aromatic heterocycles. The van der Waals surface area contributed by atoms with Gasteiger partial charge < -0.3 is 5.32 Å². The summed E-state index contributed by atoms with van der Waals surface area (Å²) < 4.78 is 0. The van der Waals surface area contributed by atoms with E-state index in [1.54, 1.807) is 22.7 Å². The standard InChI is InChI=1S/C20H25NO2S2/c1-13-12-16(14(2)25-13)17(22)9-10-19(23)21-20(15-6-3-4-7-15)18-8-5-11-24-18/h5,8,11-12,15,20H,3-4,6-7,9-10H2,1-2H3,(H,21,23). The highest BCUT2D eigenvalue weighted by Gasteiger charge is 2.28. The van der Waals surface area contributed by atoms with Gasteiger partial charge in [-0.25, -0.2) is 0 Å². The predicted molar refractivity (Wildman–Crippen MR) is 105 cm³/mol. The maximum absolute atomic E-state index is 12.5. The fourth-order valence-corrected chi connectivity index (χ4v) is 5.51. The average molecular weight is 376 g/mol. The maximum Gasteiger partial charge on any atom is 0.220 e. The van der Waals surface area contributed by atoms with Crippen LogP contribution in [0.5, 0.6) is 0 Å². The molecule has 1 unspecified atom stereocenters. The predicted octanol–water partition coefficient (Wildman–Crippen LogP) is 5.44. The van der Waals surface area contributed by atoms with E-state index >= 15 is 0 Å². The van der Waals surface area contributed by atoms with Crippen LogP contribution in [-0.2, 0) is 4.79 Å². The van der Waals surface area contributed by atoms with Crippen LogP contribution in [-0.4, -0.2) is 11.7 Å². The SMILES string of the molecule is Cc1cc(C(=O)CCC(=O)NC(c2cccs2)C2CCCC2)c(C)s1. The van der Waals surface area contributed by atoms with Crippen molar-refractivity contribution >= 4 is 34.4 Å². The number of carbonyl (C=O) groups excluding carboxylic acids is 2. The highest BCUT2D eigenvalue weighted by atomic mass is 32.1. The topological polar surface area (TPSA) is 46.2 Å². The summed E-state index contributed by atoms with van der Waals surface area (Å²) in [5.74, 6) is 0.592. The molecule has 1 N–H and O–H groups in total. The second-order valence-electron chi connectivity index (χ2n) is 6.86. The largest absolute Gasteiger partial charge is 0.348 e. The molecule has 134 valence electrons. The molecule has 1 aliphatic rings. The minimum Gasteiger partial charge on any atom is -0.348 e. The molecule has 1 amide bonds. The Bertz CT molecular complexity index is 727. The Labute approximate surface area is 157 Å². The molecule has 25 heavy (non-hydrogen) atoms. The first-order valence-corrected chi connectivity index (χ1v) is 10.7. The average Bonchev–Trinajstić information content (AvgIpc) is 3.32. The Morgan fingerprint density at radius 1 is 1.24 bits per heavy atom. The number of amides is 1. The molecule has 2 heterocycles. The van der Waals surface area contributed by atoms with E-state index in [1.807, 2.05) is 26.0 Å². The van der Waals surface area contributed by atoms with E-state index in [4.69, 9.17) is 0 Å². The van der Waals surface area contributed by atoms with Crippen molar-refractivity contribution in [3.8, 4) is 0 Å². The van der Waals surface area contributed by atoms with Crippen LogP contribution in [0.1, 0.15) is 69.6 Å². The van der Waals surface area contributed by atoms with Gasteiger partial charge in [-0.15, -0.1) is 22.7 Å². The van der Waals surface area contributed by atoms with E-state index < -0.39 is 0 Å². The van der Waals surface area contributed by atoms with Crippen molar-refractivity contribution in [3.63, 3.8) is 0 Å². The Balaban J connectivity index is 1.58. The number of hydrogen-bond acceptors (Lipinski definition) is 4. The lowest BCUT2D eigenvalue weighted by molar-refractivity contribution is -0.122. The van der Waals surface area contributed by atoms with Crippen LogP contribution in [0.15, 0.2) is 23.6 Å². The molecule has 3 nitrogen and oxygen atoms in total. The summed E-state index contributed by atoms with van der Waals surface area (Å²) >= 11 is 3.34. The summed E-state index contributed by atoms with van der Waals surface area (Å²) in [5, 5.41) is 5.27. The monoisotopic (exact) mass is 375 g/mol. The molecular formula is C20H25NO2S2. The number of Topliss-reactive ketones (excluding diaryl/α,β-unsaturated/α-hetero) is 1. The van der Waals surface area contributed by atoms with Crippen molar-refractivity contribution in [1.29, 1.82) is 0 Å². The van der Waals surface area contributed by atoms with E-state index in [1.165, 1.54) is 30.6 Å². The lowest BCUT2D eigenvalue weighted by Crippen LogP contribution is -2.32. The molecule has 5 heteroatoms. The minimum absolute atomic E-state index is 0.0109. The van der Waals surface area contributed by atoms with Gasteiger partial charge in [-0.1, -0.05) is 18.9 Å². The van der Waals surface area contributed by atoms with Gasteiger partial charge in [0, 0.05) is 33.0 Å². The first kappa shape index (κ1) is 18.3. The van der Waals surface area contributed by atoms with E-state index in [0.29, 0.717) is 5.92 Å². The molecule has 0 spiro atoms. The van der Waals surface area contributed by atoms with Gasteiger partial charge in [0.2, 0.25) is 5.91 Å². The molecule has 1 aliphatic carbocycles. The van der Waals surface area contributed by atoms with Crippen LogP contribution in [0, 0.1) is 19.8 Å². The molecule has 0 bridgehead atoms. The number of rotatable bonds is 7. The van der Waals surface area contributed by atoms with Crippen molar-refractivity contribution in [1.82, 2.24) is 5.32 Å². The third-order valence-electron chi connectivity index (χ3n) is 4.96. The third kappa shape index (κ3) is 4.59. The van der Waals surface area contributed by atoms with Gasteiger partial charge in [-0.3, -0.25) is 9.59 Å². The van der Waals surface area contributed by atoms with Gasteiger partial charge >= 0.3 is 0 Å². The summed E-state index contributed by atoms with van der Waals surface area (Å²) in [6, 6.07) is 6.19. The smallest absolute Gasteiger partial charge is 0.220 e. The first-order chi connectivity index (χ1) is 12.0. The normalized spacial score (nSPS) is 16.1. The van der Waals surface area contributed by atoms with Crippen LogP contribution in [0.2, 0.25) is 0 Å². The molecule has 2 aromatic rings. The molecule has 1 fully saturated rings.